The van der Waals surface area contributed by atoms with Crippen LogP contribution >= 0.6 is 0 Å². The van der Waals surface area contributed by atoms with Gasteiger partial charge in [-0.15, -0.1) is 0 Å². The normalized spacial score (nSPS) is 27.0. The van der Waals surface area contributed by atoms with Gasteiger partial charge in [0.05, 0.1) is 17.7 Å². The Morgan fingerprint density at radius 1 is 1.26 bits per heavy atom. The van der Waals surface area contributed by atoms with Crippen LogP contribution in [0.1, 0.15) is 69.7 Å². The van der Waals surface area contributed by atoms with Crippen LogP contribution in [0.4, 0.5) is 11.4 Å². The average Bonchev–Trinajstić information content (AvgIpc) is 2.69. The van der Waals surface area contributed by atoms with E-state index in [-0.39, 0.29) is 29.4 Å². The number of benzene rings is 1. The molecule has 31 heavy (non-hydrogen) atoms. The third-order valence-electron chi connectivity index (χ3n) is 6.45. The van der Waals surface area contributed by atoms with Gasteiger partial charge in [0.1, 0.15) is 0 Å². The van der Waals surface area contributed by atoms with Gasteiger partial charge in [0, 0.05) is 29.4 Å². The van der Waals surface area contributed by atoms with Crippen molar-refractivity contribution in [3.8, 4) is 0 Å². The van der Waals surface area contributed by atoms with Gasteiger partial charge < -0.3 is 21.1 Å². The first-order chi connectivity index (χ1) is 14.6. The number of allylic oxidation sites excluding steroid dienone is 1. The Bertz CT molecular complexity index is 885. The van der Waals surface area contributed by atoms with E-state index in [1.165, 1.54) is 0 Å². The van der Waals surface area contributed by atoms with Crippen LogP contribution in [0.2, 0.25) is 0 Å². The van der Waals surface area contributed by atoms with E-state index in [0.29, 0.717) is 48.2 Å². The Balaban J connectivity index is 1.95. The Hall–Kier alpha value is -2.67. The fourth-order valence-electron chi connectivity index (χ4n) is 4.81. The summed E-state index contributed by atoms with van der Waals surface area (Å²) in [6, 6.07) is 4.83. The number of aliphatic hydroxyl groups excluding tert-OH is 1. The van der Waals surface area contributed by atoms with Crippen LogP contribution in [0.15, 0.2) is 29.8 Å². The predicted molar refractivity (Wildman–Crippen MR) is 121 cm³/mol. The number of Topliss-reactive ketones (excluding diaryl/α,β-unsaturated/α-hetero) is 1. The monoisotopic (exact) mass is 427 g/mol. The minimum Gasteiger partial charge on any atom is -0.393 e. The summed E-state index contributed by atoms with van der Waals surface area (Å²) in [4.78, 5) is 38.5. The summed E-state index contributed by atoms with van der Waals surface area (Å²) in [5.41, 5.74) is 7.54. The minimum absolute atomic E-state index is 0.0588. The smallest absolute Gasteiger partial charge is 0.250 e. The summed E-state index contributed by atoms with van der Waals surface area (Å²) in [5, 5.41) is 13.1. The second-order valence-corrected chi connectivity index (χ2v) is 9.48. The Labute approximate surface area is 183 Å². The molecule has 0 radical (unpaired) electrons. The highest BCUT2D eigenvalue weighted by Crippen LogP contribution is 2.40. The number of carbonyl (C=O) groups excluding carboxylic acids is 3. The van der Waals surface area contributed by atoms with Crippen molar-refractivity contribution in [2.45, 2.75) is 77.5 Å². The largest absolute Gasteiger partial charge is 0.393 e. The third kappa shape index (κ3) is 5.15. The summed E-state index contributed by atoms with van der Waals surface area (Å²) in [6.45, 7) is 5.89. The summed E-state index contributed by atoms with van der Waals surface area (Å²) in [5.74, 6) is -0.492. The first kappa shape index (κ1) is 23.0. The van der Waals surface area contributed by atoms with Crippen LogP contribution in [-0.2, 0) is 9.59 Å². The molecule has 1 aromatic rings. The SMILES string of the molecule is C/C=C1\C(=O)CC(C)(C)CC1N(C=O)c1ccc(C(N)=O)c(NC2CCC(O)CC2)c1. The van der Waals surface area contributed by atoms with E-state index in [1.54, 1.807) is 29.2 Å². The fourth-order valence-corrected chi connectivity index (χ4v) is 4.81. The molecular weight excluding hydrogens is 394 g/mol. The number of ketones is 1. The van der Waals surface area contributed by atoms with E-state index in [2.05, 4.69) is 5.32 Å². The Morgan fingerprint density at radius 2 is 1.94 bits per heavy atom. The van der Waals surface area contributed by atoms with Gasteiger partial charge in [0.2, 0.25) is 6.41 Å². The van der Waals surface area contributed by atoms with Crippen molar-refractivity contribution < 1.29 is 19.5 Å². The number of nitrogens with two attached hydrogens (primary N) is 1. The van der Waals surface area contributed by atoms with Crippen molar-refractivity contribution in [2.75, 3.05) is 10.2 Å². The van der Waals surface area contributed by atoms with E-state index in [1.807, 2.05) is 20.8 Å². The van der Waals surface area contributed by atoms with Crippen molar-refractivity contribution in [1.82, 2.24) is 0 Å². The van der Waals surface area contributed by atoms with Gasteiger partial charge in [-0.05, 0) is 62.6 Å². The van der Waals surface area contributed by atoms with Gasteiger partial charge in [-0.1, -0.05) is 19.9 Å². The molecule has 1 unspecified atom stereocenters. The van der Waals surface area contributed by atoms with Crippen LogP contribution in [0.5, 0.6) is 0 Å². The number of primary amides is 1. The van der Waals surface area contributed by atoms with Gasteiger partial charge >= 0.3 is 0 Å². The molecule has 2 aliphatic rings. The lowest BCUT2D eigenvalue weighted by molar-refractivity contribution is -0.119. The van der Waals surface area contributed by atoms with E-state index in [4.69, 9.17) is 5.73 Å². The van der Waals surface area contributed by atoms with E-state index >= 15 is 0 Å². The van der Waals surface area contributed by atoms with Crippen molar-refractivity contribution in [2.24, 2.45) is 11.1 Å². The summed E-state index contributed by atoms with van der Waals surface area (Å²) < 4.78 is 0. The number of rotatable bonds is 6. The maximum atomic E-state index is 12.7. The molecule has 0 heterocycles. The molecule has 1 aromatic carbocycles. The molecule has 7 heteroatoms. The summed E-state index contributed by atoms with van der Waals surface area (Å²) in [6.07, 6.45) is 6.36. The number of hydrogen-bond acceptors (Lipinski definition) is 5. The van der Waals surface area contributed by atoms with Gasteiger partial charge in [0.25, 0.3) is 5.91 Å². The van der Waals surface area contributed by atoms with Crippen LogP contribution in [-0.4, -0.2) is 41.4 Å². The highest BCUT2D eigenvalue weighted by atomic mass is 16.3. The van der Waals surface area contributed by atoms with Gasteiger partial charge in [0.15, 0.2) is 5.78 Å². The first-order valence-electron chi connectivity index (χ1n) is 11.0. The predicted octanol–water partition coefficient (Wildman–Crippen LogP) is 3.17. The molecule has 3 rings (SSSR count). The molecule has 0 spiro atoms. The van der Waals surface area contributed by atoms with Crippen LogP contribution < -0.4 is 16.0 Å². The fraction of sp³-hybridized carbons (Fsp3) is 0.542. The molecule has 7 nitrogen and oxygen atoms in total. The van der Waals surface area contributed by atoms with E-state index in [9.17, 15) is 19.5 Å². The molecule has 4 N–H and O–H groups in total. The molecule has 2 aliphatic carbocycles. The lowest BCUT2D eigenvalue weighted by Gasteiger charge is -2.40. The maximum Gasteiger partial charge on any atom is 0.250 e. The zero-order chi connectivity index (χ0) is 22.8. The molecule has 0 aromatic heterocycles. The van der Waals surface area contributed by atoms with Crippen LogP contribution in [0, 0.1) is 5.41 Å². The molecule has 1 atom stereocenters. The third-order valence-corrected chi connectivity index (χ3v) is 6.45. The summed E-state index contributed by atoms with van der Waals surface area (Å²) in [7, 11) is 0. The Kier molecular flexibility index (Phi) is 6.84. The topological polar surface area (TPSA) is 113 Å². The number of nitrogens with one attached hydrogen (secondary N) is 1. The van der Waals surface area contributed by atoms with Crippen molar-refractivity contribution in [1.29, 1.82) is 0 Å². The van der Waals surface area contributed by atoms with Gasteiger partial charge in [-0.3, -0.25) is 14.4 Å². The minimum atomic E-state index is -0.550. The Morgan fingerprint density at radius 3 is 2.52 bits per heavy atom. The molecule has 2 saturated carbocycles. The number of carbonyl (C=O) groups is 3. The van der Waals surface area contributed by atoms with Crippen molar-refractivity contribution >= 4 is 29.5 Å². The van der Waals surface area contributed by atoms with Crippen molar-refractivity contribution in [3.05, 3.63) is 35.4 Å². The quantitative estimate of drug-likeness (QED) is 0.477. The number of hydrogen-bond donors (Lipinski definition) is 3. The zero-order valence-electron chi connectivity index (χ0n) is 18.6. The average molecular weight is 428 g/mol. The zero-order valence-corrected chi connectivity index (χ0v) is 18.6. The highest BCUT2D eigenvalue weighted by Gasteiger charge is 2.39. The van der Waals surface area contributed by atoms with Crippen LogP contribution in [0.25, 0.3) is 0 Å². The van der Waals surface area contributed by atoms with E-state index in [0.717, 1.165) is 19.3 Å². The molecule has 0 aliphatic heterocycles. The number of anilines is 2. The second kappa shape index (κ2) is 9.22. The molecule has 0 saturated heterocycles. The standard InChI is InChI=1S/C24H33N3O4/c1-4-18-21(12-24(2,3)13-22(18)30)27(14-28)16-7-10-19(23(25)31)20(11-16)26-15-5-8-17(29)9-6-15/h4,7,10-11,14-15,17,21,26,29H,5-6,8-9,12-13H2,1-3H3,(H2,25,31)/b18-4-. The molecule has 168 valence electrons. The summed E-state index contributed by atoms with van der Waals surface area (Å²) >= 11 is 0. The maximum absolute atomic E-state index is 12.7. The first-order valence-corrected chi connectivity index (χ1v) is 11.0. The molecule has 2 amide bonds. The van der Waals surface area contributed by atoms with E-state index < -0.39 is 5.91 Å². The van der Waals surface area contributed by atoms with Crippen molar-refractivity contribution in [3.63, 3.8) is 0 Å². The molecule has 0 bridgehead atoms. The van der Waals surface area contributed by atoms with Crippen LogP contribution in [0.3, 0.4) is 0 Å². The second-order valence-electron chi connectivity index (χ2n) is 9.48. The highest BCUT2D eigenvalue weighted by molar-refractivity contribution is 6.01. The van der Waals surface area contributed by atoms with Gasteiger partial charge in [-0.25, -0.2) is 0 Å². The number of amides is 2. The van der Waals surface area contributed by atoms with Gasteiger partial charge in [-0.2, -0.15) is 0 Å². The molecular formula is C24H33N3O4. The number of aliphatic hydroxyl groups is 1. The lowest BCUT2D eigenvalue weighted by atomic mass is 9.71. The lowest BCUT2D eigenvalue weighted by Crippen LogP contribution is -2.45. The molecule has 2 fully saturated rings. The number of nitrogens with zero attached hydrogens (tertiary/aromatic N) is 1.